The van der Waals surface area contributed by atoms with E-state index in [1.54, 1.807) is 24.8 Å². The highest BCUT2D eigenvalue weighted by atomic mass is 16.5. The number of nitrogens with zero attached hydrogens (tertiary/aromatic N) is 4. The fraction of sp³-hybridized carbons (Fsp3) is 0.400. The maximum absolute atomic E-state index is 6.15. The average Bonchev–Trinajstić information content (AvgIpc) is 3.06. The zero-order valence-electron chi connectivity index (χ0n) is 11.1. The largest absolute Gasteiger partial charge is 0.486 e. The van der Waals surface area contributed by atoms with Gasteiger partial charge in [-0.3, -0.25) is 4.98 Å². The Morgan fingerprint density at radius 2 is 2.00 bits per heavy atom. The van der Waals surface area contributed by atoms with Gasteiger partial charge in [0.2, 0.25) is 5.95 Å². The van der Waals surface area contributed by atoms with Crippen LogP contribution in [-0.2, 0) is 0 Å². The third-order valence-electron chi connectivity index (χ3n) is 4.22. The lowest BCUT2D eigenvalue weighted by Gasteiger charge is -2.26. The van der Waals surface area contributed by atoms with E-state index in [9.17, 15) is 0 Å². The highest BCUT2D eigenvalue weighted by molar-refractivity contribution is 5.37. The average molecular weight is 268 g/mol. The number of pyridine rings is 1. The second kappa shape index (κ2) is 4.74. The Bertz CT molecular complexity index is 577. The molecule has 0 amide bonds. The third-order valence-corrected chi connectivity index (χ3v) is 4.22. The zero-order chi connectivity index (χ0) is 13.4. The summed E-state index contributed by atoms with van der Waals surface area (Å²) in [6.45, 7) is 0.986. The van der Waals surface area contributed by atoms with Crippen LogP contribution in [0.2, 0.25) is 0 Å². The fourth-order valence-corrected chi connectivity index (χ4v) is 3.36. The van der Waals surface area contributed by atoms with Crippen LogP contribution in [0.15, 0.2) is 43.0 Å². The Morgan fingerprint density at radius 1 is 1.10 bits per heavy atom. The highest BCUT2D eigenvalue weighted by Crippen LogP contribution is 2.41. The van der Waals surface area contributed by atoms with Crippen molar-refractivity contribution in [1.29, 1.82) is 0 Å². The molecule has 5 nitrogen and oxygen atoms in total. The zero-order valence-corrected chi connectivity index (χ0v) is 11.1. The van der Waals surface area contributed by atoms with Crippen molar-refractivity contribution in [2.75, 3.05) is 11.4 Å². The summed E-state index contributed by atoms with van der Waals surface area (Å²) in [5, 5.41) is 0. The third kappa shape index (κ3) is 1.90. The summed E-state index contributed by atoms with van der Waals surface area (Å²) in [5.74, 6) is 2.23. The van der Waals surface area contributed by atoms with E-state index in [0.717, 1.165) is 24.7 Å². The van der Waals surface area contributed by atoms with E-state index < -0.39 is 0 Å². The molecule has 2 aliphatic rings. The van der Waals surface area contributed by atoms with Crippen molar-refractivity contribution < 1.29 is 4.74 Å². The molecule has 0 unspecified atom stereocenters. The van der Waals surface area contributed by atoms with Crippen molar-refractivity contribution in [1.82, 2.24) is 15.0 Å². The van der Waals surface area contributed by atoms with Crippen LogP contribution in [0.3, 0.4) is 0 Å². The van der Waals surface area contributed by atoms with Gasteiger partial charge in [-0.05, 0) is 31.0 Å². The molecule has 20 heavy (non-hydrogen) atoms. The molecular weight excluding hydrogens is 252 g/mol. The molecule has 5 heteroatoms. The first-order chi connectivity index (χ1) is 9.92. The van der Waals surface area contributed by atoms with Crippen LogP contribution in [0.5, 0.6) is 5.75 Å². The smallest absolute Gasteiger partial charge is 0.225 e. The van der Waals surface area contributed by atoms with Crippen LogP contribution in [-0.4, -0.2) is 33.6 Å². The molecular formula is C15H16N4O. The fourth-order valence-electron chi connectivity index (χ4n) is 3.36. The van der Waals surface area contributed by atoms with E-state index in [1.807, 2.05) is 18.2 Å². The van der Waals surface area contributed by atoms with Gasteiger partial charge in [-0.25, -0.2) is 9.97 Å². The van der Waals surface area contributed by atoms with Gasteiger partial charge >= 0.3 is 0 Å². The molecule has 1 saturated carbocycles. The monoisotopic (exact) mass is 268 g/mol. The van der Waals surface area contributed by atoms with Crippen LogP contribution in [0.1, 0.15) is 12.8 Å². The van der Waals surface area contributed by atoms with Crippen molar-refractivity contribution in [3.05, 3.63) is 43.0 Å². The van der Waals surface area contributed by atoms with Gasteiger partial charge < -0.3 is 9.64 Å². The summed E-state index contributed by atoms with van der Waals surface area (Å²) in [6, 6.07) is 6.10. The number of fused-ring (bicyclic) bond motifs is 2. The summed E-state index contributed by atoms with van der Waals surface area (Å²) < 4.78 is 6.15. The van der Waals surface area contributed by atoms with Crippen LogP contribution >= 0.6 is 0 Å². The van der Waals surface area contributed by atoms with Gasteiger partial charge in [-0.2, -0.15) is 0 Å². The van der Waals surface area contributed by atoms with Gasteiger partial charge in [0.1, 0.15) is 11.9 Å². The van der Waals surface area contributed by atoms with E-state index in [4.69, 9.17) is 4.74 Å². The van der Waals surface area contributed by atoms with Crippen molar-refractivity contribution >= 4 is 5.95 Å². The lowest BCUT2D eigenvalue weighted by Crippen LogP contribution is -2.37. The lowest BCUT2D eigenvalue weighted by molar-refractivity contribution is 0.178. The molecule has 2 aromatic rings. The first-order valence-corrected chi connectivity index (χ1v) is 7.02. The standard InChI is InChI=1S/C15H16N4O/c1-3-12(9-16-6-1)20-14-11-4-5-13(14)19(10-11)15-17-7-2-8-18-15/h1-3,6-9,11,13-14H,4-5,10H2/t11-,13+,14-/m1/s1. The van der Waals surface area contributed by atoms with Gasteiger partial charge in [0, 0.05) is 31.1 Å². The molecule has 2 fully saturated rings. The predicted molar refractivity (Wildman–Crippen MR) is 74.5 cm³/mol. The normalized spacial score (nSPS) is 27.8. The lowest BCUT2D eigenvalue weighted by atomic mass is 10.1. The Labute approximate surface area is 117 Å². The maximum atomic E-state index is 6.15. The van der Waals surface area contributed by atoms with Gasteiger partial charge in [-0.15, -0.1) is 0 Å². The number of rotatable bonds is 3. The van der Waals surface area contributed by atoms with E-state index in [0.29, 0.717) is 12.0 Å². The van der Waals surface area contributed by atoms with Gasteiger partial charge in [-0.1, -0.05) is 0 Å². The molecule has 1 saturated heterocycles. The van der Waals surface area contributed by atoms with Crippen molar-refractivity contribution in [2.45, 2.75) is 25.0 Å². The Hall–Kier alpha value is -2.17. The number of anilines is 1. The highest BCUT2D eigenvalue weighted by Gasteiger charge is 2.49. The number of piperidine rings is 1. The maximum Gasteiger partial charge on any atom is 0.225 e. The Balaban J connectivity index is 1.55. The molecule has 0 spiro atoms. The van der Waals surface area contributed by atoms with Crippen LogP contribution in [0, 0.1) is 5.92 Å². The quantitative estimate of drug-likeness (QED) is 0.851. The molecule has 102 valence electrons. The predicted octanol–water partition coefficient (Wildman–Crippen LogP) is 1.92. The summed E-state index contributed by atoms with van der Waals surface area (Å²) in [5.41, 5.74) is 0. The van der Waals surface area contributed by atoms with E-state index in [1.165, 1.54) is 6.42 Å². The number of ether oxygens (including phenoxy) is 1. The summed E-state index contributed by atoms with van der Waals surface area (Å²) in [4.78, 5) is 15.1. The number of aromatic nitrogens is 3. The molecule has 4 rings (SSSR count). The van der Waals surface area contributed by atoms with Crippen molar-refractivity contribution in [3.63, 3.8) is 0 Å². The SMILES string of the molecule is c1cnc(N2C[C@H]3CC[C@H]2[C@@H]3Oc2cccnc2)nc1. The number of hydrogen-bond acceptors (Lipinski definition) is 5. The molecule has 0 aromatic carbocycles. The second-order valence-corrected chi connectivity index (χ2v) is 5.38. The topological polar surface area (TPSA) is 51.1 Å². The van der Waals surface area contributed by atoms with Crippen molar-refractivity contribution in [2.24, 2.45) is 5.92 Å². The van der Waals surface area contributed by atoms with Gasteiger partial charge in [0.25, 0.3) is 0 Å². The van der Waals surface area contributed by atoms with E-state index in [2.05, 4.69) is 19.9 Å². The summed E-state index contributed by atoms with van der Waals surface area (Å²) >= 11 is 0. The Kier molecular flexibility index (Phi) is 2.76. The molecule has 2 aromatic heterocycles. The van der Waals surface area contributed by atoms with Gasteiger partial charge in [0.05, 0.1) is 12.2 Å². The molecule has 3 atom stereocenters. The minimum Gasteiger partial charge on any atom is -0.486 e. The molecule has 2 bridgehead atoms. The van der Waals surface area contributed by atoms with Crippen LogP contribution in [0.25, 0.3) is 0 Å². The minimum atomic E-state index is 0.225. The van der Waals surface area contributed by atoms with Gasteiger partial charge in [0.15, 0.2) is 0 Å². The Morgan fingerprint density at radius 3 is 2.80 bits per heavy atom. The first kappa shape index (κ1) is 11.6. The van der Waals surface area contributed by atoms with E-state index >= 15 is 0 Å². The minimum absolute atomic E-state index is 0.225. The van der Waals surface area contributed by atoms with Crippen LogP contribution in [0.4, 0.5) is 5.95 Å². The van der Waals surface area contributed by atoms with E-state index in [-0.39, 0.29) is 6.10 Å². The molecule has 0 N–H and O–H groups in total. The summed E-state index contributed by atoms with van der Waals surface area (Å²) in [6.07, 6.45) is 9.73. The van der Waals surface area contributed by atoms with Crippen LogP contribution < -0.4 is 9.64 Å². The summed E-state index contributed by atoms with van der Waals surface area (Å²) in [7, 11) is 0. The number of hydrogen-bond donors (Lipinski definition) is 0. The molecule has 1 aliphatic carbocycles. The second-order valence-electron chi connectivity index (χ2n) is 5.38. The first-order valence-electron chi connectivity index (χ1n) is 7.02. The molecule has 3 heterocycles. The molecule has 1 aliphatic heterocycles. The van der Waals surface area contributed by atoms with Crippen molar-refractivity contribution in [3.8, 4) is 5.75 Å². The molecule has 0 radical (unpaired) electrons.